The van der Waals surface area contributed by atoms with Crippen LogP contribution in [0.5, 0.6) is 0 Å². The van der Waals surface area contributed by atoms with E-state index < -0.39 is 0 Å². The van der Waals surface area contributed by atoms with Gasteiger partial charge in [-0.2, -0.15) is 4.98 Å². The Morgan fingerprint density at radius 2 is 2.00 bits per heavy atom. The molecular formula is C14H11ClFN3S. The largest absolute Gasteiger partial charge is 0.337 e. The number of aromatic nitrogens is 2. The number of nitrogens with one attached hydrogen (secondary N) is 1. The summed E-state index contributed by atoms with van der Waals surface area (Å²) < 4.78 is 13.8. The second kappa shape index (κ2) is 5.00. The summed E-state index contributed by atoms with van der Waals surface area (Å²) in [6.07, 6.45) is 0. The Bertz CT molecular complexity index is 800. The molecule has 1 aromatic carbocycles. The Balaban J connectivity index is 2.12. The highest BCUT2D eigenvalue weighted by molar-refractivity contribution is 7.18. The van der Waals surface area contributed by atoms with Gasteiger partial charge in [0, 0.05) is 4.88 Å². The van der Waals surface area contributed by atoms with Crippen LogP contribution in [0.15, 0.2) is 24.3 Å². The molecule has 2 heterocycles. The quantitative estimate of drug-likeness (QED) is 0.688. The van der Waals surface area contributed by atoms with Crippen molar-refractivity contribution in [2.45, 2.75) is 13.8 Å². The first kappa shape index (κ1) is 13.3. The van der Waals surface area contributed by atoms with Crippen molar-refractivity contribution in [1.29, 1.82) is 0 Å². The minimum Gasteiger partial charge on any atom is -0.337 e. The number of anilines is 2. The number of hydrogen-bond acceptors (Lipinski definition) is 4. The first-order valence-corrected chi connectivity index (χ1v) is 7.19. The predicted octanol–water partition coefficient (Wildman–Crippen LogP) is 4.84. The first-order chi connectivity index (χ1) is 9.52. The van der Waals surface area contributed by atoms with Crippen molar-refractivity contribution in [3.63, 3.8) is 0 Å². The number of fused-ring (bicyclic) bond motifs is 1. The van der Waals surface area contributed by atoms with E-state index in [1.807, 2.05) is 19.9 Å². The van der Waals surface area contributed by atoms with Gasteiger partial charge >= 0.3 is 0 Å². The number of rotatable bonds is 2. The maximum atomic E-state index is 13.8. The summed E-state index contributed by atoms with van der Waals surface area (Å²) in [5.74, 6) is 0.194. The van der Waals surface area contributed by atoms with Gasteiger partial charge in [-0.05, 0) is 49.2 Å². The third-order valence-corrected chi connectivity index (χ3v) is 3.98. The highest BCUT2D eigenvalue weighted by Crippen LogP contribution is 2.31. The van der Waals surface area contributed by atoms with Crippen LogP contribution in [0.3, 0.4) is 0 Å². The van der Waals surface area contributed by atoms with E-state index in [-0.39, 0.29) is 11.1 Å². The molecule has 0 aliphatic rings. The first-order valence-electron chi connectivity index (χ1n) is 6.00. The van der Waals surface area contributed by atoms with Gasteiger partial charge in [0.05, 0.1) is 11.1 Å². The summed E-state index contributed by atoms with van der Waals surface area (Å²) in [5.41, 5.74) is 1.34. The van der Waals surface area contributed by atoms with Crippen LogP contribution in [0, 0.1) is 19.7 Å². The van der Waals surface area contributed by atoms with Crippen LogP contribution in [-0.2, 0) is 0 Å². The Kier molecular flexibility index (Phi) is 3.31. The minimum absolute atomic E-state index is 0.148. The van der Waals surface area contributed by atoms with Crippen LogP contribution in [0.1, 0.15) is 10.4 Å². The topological polar surface area (TPSA) is 37.8 Å². The molecule has 0 saturated carbocycles. The Hall–Kier alpha value is -1.72. The number of hydrogen-bond donors (Lipinski definition) is 1. The average molecular weight is 308 g/mol. The van der Waals surface area contributed by atoms with Crippen molar-refractivity contribution in [2.24, 2.45) is 0 Å². The second-order valence-corrected chi connectivity index (χ2v) is 6.10. The molecule has 0 atom stereocenters. The van der Waals surface area contributed by atoms with Crippen LogP contribution in [0.2, 0.25) is 5.28 Å². The van der Waals surface area contributed by atoms with Crippen LogP contribution in [0.4, 0.5) is 15.9 Å². The molecule has 2 aromatic heterocycles. The Labute approximate surface area is 124 Å². The molecule has 0 aliphatic carbocycles. The Morgan fingerprint density at radius 1 is 1.20 bits per heavy atom. The fourth-order valence-corrected chi connectivity index (χ4v) is 3.07. The van der Waals surface area contributed by atoms with E-state index in [1.165, 1.54) is 17.4 Å². The zero-order valence-electron chi connectivity index (χ0n) is 10.9. The molecule has 0 bridgehead atoms. The fourth-order valence-electron chi connectivity index (χ4n) is 1.97. The maximum absolute atomic E-state index is 13.8. The molecule has 0 radical (unpaired) electrons. The lowest BCUT2D eigenvalue weighted by Gasteiger charge is -2.09. The molecule has 102 valence electrons. The van der Waals surface area contributed by atoms with E-state index >= 15 is 0 Å². The third kappa shape index (κ3) is 2.46. The van der Waals surface area contributed by atoms with E-state index in [2.05, 4.69) is 15.3 Å². The number of benzene rings is 1. The van der Waals surface area contributed by atoms with Gasteiger partial charge in [-0.25, -0.2) is 9.37 Å². The van der Waals surface area contributed by atoms with E-state index in [1.54, 1.807) is 12.1 Å². The van der Waals surface area contributed by atoms with E-state index in [9.17, 15) is 4.39 Å². The summed E-state index contributed by atoms with van der Waals surface area (Å²) in [7, 11) is 0. The monoisotopic (exact) mass is 307 g/mol. The molecule has 0 saturated heterocycles. The lowest BCUT2D eigenvalue weighted by atomic mass is 10.2. The van der Waals surface area contributed by atoms with E-state index in [0.717, 1.165) is 20.7 Å². The molecule has 20 heavy (non-hydrogen) atoms. The molecule has 3 rings (SSSR count). The van der Waals surface area contributed by atoms with Crippen molar-refractivity contribution in [1.82, 2.24) is 9.97 Å². The molecule has 3 nitrogen and oxygen atoms in total. The SMILES string of the molecule is Cc1ccc(F)c(Nc2nc(Cl)nc3sc(C)cc23)c1. The smallest absolute Gasteiger partial charge is 0.225 e. The molecule has 0 aliphatic heterocycles. The van der Waals surface area contributed by atoms with Crippen LogP contribution < -0.4 is 5.32 Å². The van der Waals surface area contributed by atoms with E-state index in [0.29, 0.717) is 11.5 Å². The summed E-state index contributed by atoms with van der Waals surface area (Å²) in [6.45, 7) is 3.89. The standard InChI is InChI=1S/C14H11ClFN3S/c1-7-3-4-10(16)11(5-7)17-12-9-6-8(2)20-13(9)19-14(15)18-12/h3-6H,1-2H3,(H,17,18,19). The number of thiophene rings is 1. The van der Waals surface area contributed by atoms with Gasteiger partial charge in [0.25, 0.3) is 0 Å². The molecule has 3 aromatic rings. The van der Waals surface area contributed by atoms with Gasteiger partial charge in [-0.15, -0.1) is 11.3 Å². The molecule has 0 amide bonds. The molecule has 1 N–H and O–H groups in total. The predicted molar refractivity (Wildman–Crippen MR) is 81.6 cm³/mol. The number of aryl methyl sites for hydroxylation is 2. The van der Waals surface area contributed by atoms with Crippen LogP contribution >= 0.6 is 22.9 Å². The fraction of sp³-hybridized carbons (Fsp3) is 0.143. The lowest BCUT2D eigenvalue weighted by molar-refractivity contribution is 0.631. The van der Waals surface area contributed by atoms with Crippen molar-refractivity contribution >= 4 is 44.7 Å². The lowest BCUT2D eigenvalue weighted by Crippen LogP contribution is -1.98. The Morgan fingerprint density at radius 3 is 2.80 bits per heavy atom. The van der Waals surface area contributed by atoms with Crippen LogP contribution in [-0.4, -0.2) is 9.97 Å². The second-order valence-electron chi connectivity index (χ2n) is 4.53. The molecular weight excluding hydrogens is 297 g/mol. The van der Waals surface area contributed by atoms with Crippen molar-refractivity contribution in [2.75, 3.05) is 5.32 Å². The third-order valence-electron chi connectivity index (χ3n) is 2.86. The molecule has 0 spiro atoms. The average Bonchev–Trinajstić information content (AvgIpc) is 2.74. The van der Waals surface area contributed by atoms with Gasteiger partial charge < -0.3 is 5.32 Å². The highest BCUT2D eigenvalue weighted by atomic mass is 35.5. The zero-order valence-corrected chi connectivity index (χ0v) is 12.4. The van der Waals surface area contributed by atoms with Crippen molar-refractivity contribution in [3.05, 3.63) is 45.8 Å². The molecule has 6 heteroatoms. The minimum atomic E-state index is -0.328. The summed E-state index contributed by atoms with van der Waals surface area (Å²) in [5, 5.41) is 4.00. The van der Waals surface area contributed by atoms with Gasteiger partial charge in [-0.3, -0.25) is 0 Å². The highest BCUT2D eigenvalue weighted by Gasteiger charge is 2.11. The number of nitrogens with zero attached hydrogens (tertiary/aromatic N) is 2. The zero-order chi connectivity index (χ0) is 14.3. The van der Waals surface area contributed by atoms with Crippen LogP contribution in [0.25, 0.3) is 10.2 Å². The number of halogens is 2. The normalized spacial score (nSPS) is 11.0. The van der Waals surface area contributed by atoms with Gasteiger partial charge in [0.15, 0.2) is 0 Å². The summed E-state index contributed by atoms with van der Waals surface area (Å²) in [6, 6.07) is 6.84. The van der Waals surface area contributed by atoms with E-state index in [4.69, 9.17) is 11.6 Å². The maximum Gasteiger partial charge on any atom is 0.225 e. The van der Waals surface area contributed by atoms with Gasteiger partial charge in [0.2, 0.25) is 5.28 Å². The van der Waals surface area contributed by atoms with Crippen molar-refractivity contribution in [3.8, 4) is 0 Å². The molecule has 0 fully saturated rings. The molecule has 0 unspecified atom stereocenters. The summed E-state index contributed by atoms with van der Waals surface area (Å²) >= 11 is 7.45. The van der Waals surface area contributed by atoms with Gasteiger partial charge in [0.1, 0.15) is 16.5 Å². The van der Waals surface area contributed by atoms with Crippen molar-refractivity contribution < 1.29 is 4.39 Å². The summed E-state index contributed by atoms with van der Waals surface area (Å²) in [4.78, 5) is 10.2. The van der Waals surface area contributed by atoms with Gasteiger partial charge in [-0.1, -0.05) is 6.07 Å².